The van der Waals surface area contributed by atoms with Crippen molar-refractivity contribution in [3.63, 3.8) is 0 Å². The van der Waals surface area contributed by atoms with Crippen LogP contribution in [0.4, 0.5) is 4.79 Å². The SMILES string of the molecule is CCC(C)(CNC(=O)NCCC(C)SC)C(=O)O. The number of urea groups is 1. The number of aliphatic carboxylic acids is 1. The first-order valence-corrected chi connectivity index (χ1v) is 7.42. The van der Waals surface area contributed by atoms with Crippen molar-refractivity contribution < 1.29 is 14.7 Å². The number of rotatable bonds is 8. The number of nitrogens with one attached hydrogen (secondary N) is 2. The molecule has 0 saturated heterocycles. The van der Waals surface area contributed by atoms with Crippen LogP contribution in [0.1, 0.15) is 33.6 Å². The Labute approximate surface area is 113 Å². The third kappa shape index (κ3) is 6.14. The molecule has 0 aromatic carbocycles. The van der Waals surface area contributed by atoms with E-state index in [1.165, 1.54) is 0 Å². The van der Waals surface area contributed by atoms with Crippen molar-refractivity contribution in [2.24, 2.45) is 5.41 Å². The second-order valence-electron chi connectivity index (χ2n) is 4.66. The molecule has 2 unspecified atom stereocenters. The molecule has 0 heterocycles. The third-order valence-corrected chi connectivity index (χ3v) is 4.21. The first kappa shape index (κ1) is 17.1. The molecule has 0 aliphatic carbocycles. The molecule has 0 aliphatic heterocycles. The number of carbonyl (C=O) groups is 2. The maximum Gasteiger partial charge on any atom is 0.314 e. The Morgan fingerprint density at radius 1 is 1.39 bits per heavy atom. The average Bonchev–Trinajstić information content (AvgIpc) is 2.35. The fourth-order valence-electron chi connectivity index (χ4n) is 1.20. The predicted molar refractivity (Wildman–Crippen MR) is 75.0 cm³/mol. The summed E-state index contributed by atoms with van der Waals surface area (Å²) in [6.45, 7) is 6.27. The van der Waals surface area contributed by atoms with Gasteiger partial charge in [-0.05, 0) is 26.0 Å². The number of carbonyl (C=O) groups excluding carboxylic acids is 1. The topological polar surface area (TPSA) is 78.4 Å². The molecular weight excluding hydrogens is 252 g/mol. The molecule has 0 saturated carbocycles. The molecular formula is C12H24N2O3S. The van der Waals surface area contributed by atoms with E-state index in [1.807, 2.05) is 6.26 Å². The summed E-state index contributed by atoms with van der Waals surface area (Å²) in [6.07, 6.45) is 3.41. The van der Waals surface area contributed by atoms with Crippen molar-refractivity contribution in [1.82, 2.24) is 10.6 Å². The zero-order chi connectivity index (χ0) is 14.2. The van der Waals surface area contributed by atoms with Gasteiger partial charge in [0.05, 0.1) is 5.41 Å². The summed E-state index contributed by atoms with van der Waals surface area (Å²) < 4.78 is 0. The first-order chi connectivity index (χ1) is 8.35. The Balaban J connectivity index is 3.93. The van der Waals surface area contributed by atoms with Gasteiger partial charge in [-0.3, -0.25) is 4.79 Å². The van der Waals surface area contributed by atoms with E-state index in [2.05, 4.69) is 17.6 Å². The van der Waals surface area contributed by atoms with Gasteiger partial charge in [0, 0.05) is 18.3 Å². The quantitative estimate of drug-likeness (QED) is 0.633. The Kier molecular flexibility index (Phi) is 7.82. The van der Waals surface area contributed by atoms with Crippen LogP contribution >= 0.6 is 11.8 Å². The van der Waals surface area contributed by atoms with Crippen LogP contribution in [0.25, 0.3) is 0 Å². The summed E-state index contributed by atoms with van der Waals surface area (Å²) >= 11 is 1.75. The molecule has 6 heteroatoms. The minimum absolute atomic E-state index is 0.142. The van der Waals surface area contributed by atoms with Crippen molar-refractivity contribution in [1.29, 1.82) is 0 Å². The van der Waals surface area contributed by atoms with Crippen LogP contribution in [-0.4, -0.2) is 41.7 Å². The maximum atomic E-state index is 11.5. The molecule has 18 heavy (non-hydrogen) atoms. The van der Waals surface area contributed by atoms with Crippen LogP contribution in [-0.2, 0) is 4.79 Å². The van der Waals surface area contributed by atoms with Crippen LogP contribution in [0.3, 0.4) is 0 Å². The molecule has 0 aliphatic rings. The molecule has 2 amide bonds. The largest absolute Gasteiger partial charge is 0.481 e. The van der Waals surface area contributed by atoms with Crippen LogP contribution in [0.5, 0.6) is 0 Å². The number of hydrogen-bond acceptors (Lipinski definition) is 3. The highest BCUT2D eigenvalue weighted by atomic mass is 32.2. The van der Waals surface area contributed by atoms with E-state index < -0.39 is 11.4 Å². The molecule has 0 spiro atoms. The first-order valence-electron chi connectivity index (χ1n) is 6.13. The van der Waals surface area contributed by atoms with Gasteiger partial charge in [-0.1, -0.05) is 13.8 Å². The molecule has 3 N–H and O–H groups in total. The van der Waals surface area contributed by atoms with E-state index in [9.17, 15) is 9.59 Å². The lowest BCUT2D eigenvalue weighted by Gasteiger charge is -2.23. The fraction of sp³-hybridized carbons (Fsp3) is 0.833. The van der Waals surface area contributed by atoms with Gasteiger partial charge in [0.15, 0.2) is 0 Å². The number of carboxylic acids is 1. The molecule has 106 valence electrons. The van der Waals surface area contributed by atoms with Gasteiger partial charge in [0.25, 0.3) is 0 Å². The zero-order valence-corrected chi connectivity index (χ0v) is 12.4. The maximum absolute atomic E-state index is 11.5. The fourth-order valence-corrected chi connectivity index (χ4v) is 1.55. The number of hydrogen-bond donors (Lipinski definition) is 3. The minimum Gasteiger partial charge on any atom is -0.481 e. The van der Waals surface area contributed by atoms with Gasteiger partial charge < -0.3 is 15.7 Å². The molecule has 5 nitrogen and oxygen atoms in total. The Hall–Kier alpha value is -0.910. The Morgan fingerprint density at radius 2 is 2.00 bits per heavy atom. The Bertz CT molecular complexity index is 286. The Morgan fingerprint density at radius 3 is 2.44 bits per heavy atom. The summed E-state index contributed by atoms with van der Waals surface area (Å²) in [5.41, 5.74) is -0.899. The van der Waals surface area contributed by atoms with E-state index in [-0.39, 0.29) is 12.6 Å². The van der Waals surface area contributed by atoms with E-state index in [1.54, 1.807) is 25.6 Å². The van der Waals surface area contributed by atoms with Crippen molar-refractivity contribution in [3.05, 3.63) is 0 Å². The number of carboxylic acid groups (broad SMARTS) is 1. The standard InChI is InChI=1S/C12H24N2O3S/c1-5-12(3,10(15)16)8-14-11(17)13-7-6-9(2)18-4/h9H,5-8H2,1-4H3,(H,15,16)(H2,13,14,17). The normalized spacial score (nSPS) is 15.6. The van der Waals surface area contributed by atoms with Crippen molar-refractivity contribution >= 4 is 23.8 Å². The van der Waals surface area contributed by atoms with Crippen molar-refractivity contribution in [2.45, 2.75) is 38.9 Å². The molecule has 0 aromatic heterocycles. The highest BCUT2D eigenvalue weighted by molar-refractivity contribution is 7.99. The van der Waals surface area contributed by atoms with Gasteiger partial charge in [0.1, 0.15) is 0 Å². The van der Waals surface area contributed by atoms with Crippen molar-refractivity contribution in [3.8, 4) is 0 Å². The molecule has 0 radical (unpaired) electrons. The lowest BCUT2D eigenvalue weighted by atomic mass is 9.88. The highest BCUT2D eigenvalue weighted by Gasteiger charge is 2.31. The predicted octanol–water partition coefficient (Wildman–Crippen LogP) is 1.93. The van der Waals surface area contributed by atoms with Crippen LogP contribution in [0, 0.1) is 5.41 Å². The second kappa shape index (κ2) is 8.24. The summed E-state index contributed by atoms with van der Waals surface area (Å²) in [5, 5.41) is 14.9. The zero-order valence-electron chi connectivity index (χ0n) is 11.6. The summed E-state index contributed by atoms with van der Waals surface area (Å²) in [5.74, 6) is -0.888. The average molecular weight is 276 g/mol. The number of amides is 2. The molecule has 0 fully saturated rings. The van der Waals surface area contributed by atoms with Crippen LogP contribution < -0.4 is 10.6 Å². The second-order valence-corrected chi connectivity index (χ2v) is 5.94. The van der Waals surface area contributed by atoms with E-state index in [0.29, 0.717) is 18.2 Å². The van der Waals surface area contributed by atoms with E-state index >= 15 is 0 Å². The highest BCUT2D eigenvalue weighted by Crippen LogP contribution is 2.19. The van der Waals surface area contributed by atoms with Crippen LogP contribution in [0.15, 0.2) is 0 Å². The monoisotopic (exact) mass is 276 g/mol. The van der Waals surface area contributed by atoms with Crippen molar-refractivity contribution in [2.75, 3.05) is 19.3 Å². The summed E-state index contributed by atoms with van der Waals surface area (Å²) in [7, 11) is 0. The number of thioether (sulfide) groups is 1. The third-order valence-electron chi connectivity index (χ3n) is 3.17. The smallest absolute Gasteiger partial charge is 0.314 e. The van der Waals surface area contributed by atoms with Gasteiger partial charge in [-0.2, -0.15) is 11.8 Å². The summed E-state index contributed by atoms with van der Waals surface area (Å²) in [4.78, 5) is 22.5. The minimum atomic E-state index is -0.899. The summed E-state index contributed by atoms with van der Waals surface area (Å²) in [6, 6.07) is -0.302. The van der Waals surface area contributed by atoms with Crippen LogP contribution in [0.2, 0.25) is 0 Å². The molecule has 0 rings (SSSR count). The van der Waals surface area contributed by atoms with E-state index in [0.717, 1.165) is 6.42 Å². The lowest BCUT2D eigenvalue weighted by molar-refractivity contribution is -0.147. The molecule has 0 bridgehead atoms. The van der Waals surface area contributed by atoms with E-state index in [4.69, 9.17) is 5.11 Å². The van der Waals surface area contributed by atoms with Gasteiger partial charge in [-0.15, -0.1) is 0 Å². The van der Waals surface area contributed by atoms with Gasteiger partial charge >= 0.3 is 12.0 Å². The lowest BCUT2D eigenvalue weighted by Crippen LogP contribution is -2.45. The molecule has 0 aromatic rings. The van der Waals surface area contributed by atoms with Gasteiger partial charge in [-0.25, -0.2) is 4.79 Å². The molecule has 2 atom stereocenters. The van der Waals surface area contributed by atoms with Gasteiger partial charge in [0.2, 0.25) is 0 Å².